The summed E-state index contributed by atoms with van der Waals surface area (Å²) in [6.07, 6.45) is 0. The van der Waals surface area contributed by atoms with E-state index in [0.29, 0.717) is 0 Å². The van der Waals surface area contributed by atoms with Crippen LogP contribution in [0, 0.1) is 0 Å². The topological polar surface area (TPSA) is 130 Å². The third-order valence-corrected chi connectivity index (χ3v) is 1.44. The molecule has 0 bridgehead atoms. The minimum atomic E-state index is -0.474. The SMILES string of the molecule is Nc1nc2nc(OO)[nH]c2c(=O)[nH]1. The van der Waals surface area contributed by atoms with Crippen molar-refractivity contribution in [2.75, 3.05) is 5.73 Å². The minimum Gasteiger partial charge on any atom is -0.369 e. The van der Waals surface area contributed by atoms with Crippen LogP contribution < -0.4 is 16.2 Å². The van der Waals surface area contributed by atoms with Crippen LogP contribution in [0.1, 0.15) is 0 Å². The van der Waals surface area contributed by atoms with Gasteiger partial charge in [-0.2, -0.15) is 15.2 Å². The van der Waals surface area contributed by atoms with Gasteiger partial charge in [0.2, 0.25) is 5.95 Å². The number of fused-ring (bicyclic) bond motifs is 1. The predicted octanol–water partition coefficient (Wildman–Crippen LogP) is -0.920. The molecule has 0 saturated carbocycles. The second kappa shape index (κ2) is 2.45. The summed E-state index contributed by atoms with van der Waals surface area (Å²) in [7, 11) is 0. The Hall–Kier alpha value is -2.09. The Morgan fingerprint density at radius 2 is 2.15 bits per heavy atom. The van der Waals surface area contributed by atoms with Crippen molar-refractivity contribution in [1.82, 2.24) is 19.9 Å². The van der Waals surface area contributed by atoms with Crippen LogP contribution in [0.2, 0.25) is 0 Å². The number of H-pyrrole nitrogens is 2. The van der Waals surface area contributed by atoms with Crippen molar-refractivity contribution in [3.8, 4) is 6.01 Å². The van der Waals surface area contributed by atoms with Gasteiger partial charge >= 0.3 is 6.01 Å². The molecule has 0 amide bonds. The van der Waals surface area contributed by atoms with Gasteiger partial charge in [0, 0.05) is 0 Å². The average molecular weight is 183 g/mol. The fraction of sp³-hybridized carbons (Fsp3) is 0. The van der Waals surface area contributed by atoms with E-state index >= 15 is 0 Å². The first-order valence-corrected chi connectivity index (χ1v) is 3.27. The summed E-state index contributed by atoms with van der Waals surface area (Å²) in [4.78, 5) is 26.9. The normalized spacial score (nSPS) is 10.5. The summed E-state index contributed by atoms with van der Waals surface area (Å²) in [5, 5.41) is 8.23. The molecular weight excluding hydrogens is 178 g/mol. The zero-order valence-corrected chi connectivity index (χ0v) is 6.24. The highest BCUT2D eigenvalue weighted by atomic mass is 17.1. The van der Waals surface area contributed by atoms with Crippen molar-refractivity contribution in [2.45, 2.75) is 0 Å². The molecule has 2 rings (SSSR count). The number of anilines is 1. The van der Waals surface area contributed by atoms with E-state index < -0.39 is 5.56 Å². The van der Waals surface area contributed by atoms with E-state index in [1.54, 1.807) is 0 Å². The lowest BCUT2D eigenvalue weighted by Gasteiger charge is -1.88. The summed E-state index contributed by atoms with van der Waals surface area (Å²) < 4.78 is 0. The number of nitrogens with two attached hydrogens (primary N) is 1. The van der Waals surface area contributed by atoms with Gasteiger partial charge in [0.1, 0.15) is 0 Å². The molecule has 0 spiro atoms. The fourth-order valence-electron chi connectivity index (χ4n) is 0.946. The second-order valence-corrected chi connectivity index (χ2v) is 2.28. The van der Waals surface area contributed by atoms with E-state index in [2.05, 4.69) is 24.8 Å². The van der Waals surface area contributed by atoms with Gasteiger partial charge in [-0.3, -0.25) is 19.7 Å². The smallest absolute Gasteiger partial charge is 0.333 e. The number of hydrogen-bond acceptors (Lipinski definition) is 6. The average Bonchev–Trinajstić information content (AvgIpc) is 2.47. The summed E-state index contributed by atoms with van der Waals surface area (Å²) in [5.41, 5.74) is 4.96. The van der Waals surface area contributed by atoms with E-state index in [1.165, 1.54) is 0 Å². The lowest BCUT2D eigenvalue weighted by molar-refractivity contribution is -0.145. The maximum absolute atomic E-state index is 11.1. The molecular formula is C5H5N5O3. The van der Waals surface area contributed by atoms with E-state index in [4.69, 9.17) is 11.0 Å². The van der Waals surface area contributed by atoms with Crippen molar-refractivity contribution in [1.29, 1.82) is 0 Å². The number of aromatic nitrogens is 4. The maximum atomic E-state index is 11.1. The van der Waals surface area contributed by atoms with Crippen LogP contribution in [-0.2, 0) is 0 Å². The monoisotopic (exact) mass is 183 g/mol. The maximum Gasteiger partial charge on any atom is 0.333 e. The van der Waals surface area contributed by atoms with Crippen molar-refractivity contribution < 1.29 is 10.1 Å². The van der Waals surface area contributed by atoms with Crippen LogP contribution in [0.25, 0.3) is 11.2 Å². The lowest BCUT2D eigenvalue weighted by atomic mass is 10.5. The highest BCUT2D eigenvalue weighted by Crippen LogP contribution is 2.09. The Bertz CT molecular complexity index is 500. The van der Waals surface area contributed by atoms with Gasteiger partial charge in [-0.15, -0.1) is 0 Å². The fourth-order valence-corrected chi connectivity index (χ4v) is 0.946. The summed E-state index contributed by atoms with van der Waals surface area (Å²) in [5.74, 6) is -0.0477. The van der Waals surface area contributed by atoms with E-state index in [-0.39, 0.29) is 23.1 Å². The van der Waals surface area contributed by atoms with Gasteiger partial charge in [-0.25, -0.2) is 0 Å². The molecule has 8 nitrogen and oxygen atoms in total. The molecule has 0 fully saturated rings. The molecule has 0 unspecified atom stereocenters. The number of rotatable bonds is 1. The number of nitrogen functional groups attached to an aromatic ring is 1. The van der Waals surface area contributed by atoms with Gasteiger partial charge in [0.15, 0.2) is 11.2 Å². The molecule has 0 radical (unpaired) electrons. The highest BCUT2D eigenvalue weighted by molar-refractivity contribution is 5.70. The third-order valence-electron chi connectivity index (χ3n) is 1.44. The van der Waals surface area contributed by atoms with E-state index in [9.17, 15) is 4.79 Å². The summed E-state index contributed by atoms with van der Waals surface area (Å²) in [6, 6.07) is -0.210. The number of imidazole rings is 1. The van der Waals surface area contributed by atoms with Crippen LogP contribution in [0.5, 0.6) is 6.01 Å². The third kappa shape index (κ3) is 1.08. The Balaban J connectivity index is 2.83. The summed E-state index contributed by atoms with van der Waals surface area (Å²) >= 11 is 0. The number of aromatic amines is 2. The number of hydrogen-bond donors (Lipinski definition) is 4. The van der Waals surface area contributed by atoms with Crippen LogP contribution in [0.15, 0.2) is 4.79 Å². The number of nitrogens with one attached hydrogen (secondary N) is 2. The highest BCUT2D eigenvalue weighted by Gasteiger charge is 2.08. The molecule has 0 aliphatic rings. The first-order chi connectivity index (χ1) is 6.20. The van der Waals surface area contributed by atoms with Gasteiger partial charge in [0.05, 0.1) is 0 Å². The lowest BCUT2D eigenvalue weighted by Crippen LogP contribution is -2.10. The van der Waals surface area contributed by atoms with E-state index in [1.807, 2.05) is 0 Å². The Morgan fingerprint density at radius 1 is 1.38 bits per heavy atom. The van der Waals surface area contributed by atoms with Crippen molar-refractivity contribution in [2.24, 2.45) is 0 Å². The van der Waals surface area contributed by atoms with Crippen molar-refractivity contribution in [3.63, 3.8) is 0 Å². The first kappa shape index (κ1) is 7.55. The molecule has 5 N–H and O–H groups in total. The van der Waals surface area contributed by atoms with Gasteiger partial charge < -0.3 is 5.73 Å². The van der Waals surface area contributed by atoms with Gasteiger partial charge in [0.25, 0.3) is 5.56 Å². The Kier molecular flexibility index (Phi) is 1.43. The molecule has 8 heteroatoms. The molecule has 0 saturated heterocycles. The molecule has 2 heterocycles. The number of nitrogens with zero attached hydrogens (tertiary/aromatic N) is 2. The predicted molar refractivity (Wildman–Crippen MR) is 42.2 cm³/mol. The summed E-state index contributed by atoms with van der Waals surface area (Å²) in [6.45, 7) is 0. The van der Waals surface area contributed by atoms with Crippen molar-refractivity contribution >= 4 is 17.1 Å². The molecule has 0 aliphatic heterocycles. The van der Waals surface area contributed by atoms with E-state index in [0.717, 1.165) is 0 Å². The molecule has 0 aliphatic carbocycles. The zero-order chi connectivity index (χ0) is 9.42. The molecule has 2 aromatic rings. The van der Waals surface area contributed by atoms with Gasteiger partial charge in [-0.1, -0.05) is 0 Å². The van der Waals surface area contributed by atoms with Crippen LogP contribution in [0.3, 0.4) is 0 Å². The van der Waals surface area contributed by atoms with Crippen LogP contribution >= 0.6 is 0 Å². The standard InChI is InChI=1S/C5H5N5O3/c6-4-8-2-1(3(11)10-4)7-5(9-2)13-12/h12H,(H4,6,7,8,9,10,11). The molecule has 13 heavy (non-hydrogen) atoms. The van der Waals surface area contributed by atoms with Crippen LogP contribution in [-0.4, -0.2) is 25.2 Å². The Labute approximate surface area is 70.3 Å². The molecule has 68 valence electrons. The quantitative estimate of drug-likeness (QED) is 0.334. The molecule has 2 aromatic heterocycles. The first-order valence-electron chi connectivity index (χ1n) is 3.27. The molecule has 0 atom stereocenters. The van der Waals surface area contributed by atoms with Gasteiger partial charge in [-0.05, 0) is 0 Å². The molecule has 0 aromatic carbocycles. The zero-order valence-electron chi connectivity index (χ0n) is 6.24. The minimum absolute atomic E-state index is 0.0477. The van der Waals surface area contributed by atoms with Crippen LogP contribution in [0.4, 0.5) is 5.95 Å². The second-order valence-electron chi connectivity index (χ2n) is 2.28. The largest absolute Gasteiger partial charge is 0.369 e. The Morgan fingerprint density at radius 3 is 2.85 bits per heavy atom. The van der Waals surface area contributed by atoms with Crippen molar-refractivity contribution in [3.05, 3.63) is 10.4 Å².